The molecular formula is C12H8ClF3N2O. The third-order valence-corrected chi connectivity index (χ3v) is 3.26. The fraction of sp³-hybridized carbons (Fsp3) is 0.333. The summed E-state index contributed by atoms with van der Waals surface area (Å²) in [7, 11) is 0. The van der Waals surface area contributed by atoms with E-state index in [1.54, 1.807) is 0 Å². The van der Waals surface area contributed by atoms with Crippen LogP contribution in [-0.2, 0) is 11.0 Å². The van der Waals surface area contributed by atoms with Gasteiger partial charge in [0.1, 0.15) is 5.41 Å². The van der Waals surface area contributed by atoms with Crippen LogP contribution >= 0.6 is 11.6 Å². The second kappa shape index (κ2) is 4.42. The van der Waals surface area contributed by atoms with Gasteiger partial charge in [0, 0.05) is 5.69 Å². The van der Waals surface area contributed by atoms with E-state index < -0.39 is 28.1 Å². The summed E-state index contributed by atoms with van der Waals surface area (Å²) in [5, 5.41) is 10.7. The van der Waals surface area contributed by atoms with Gasteiger partial charge in [0.25, 0.3) is 0 Å². The Morgan fingerprint density at radius 2 is 2.05 bits per heavy atom. The molecule has 0 bridgehead atoms. The highest BCUT2D eigenvalue weighted by atomic mass is 35.5. The molecule has 1 aliphatic carbocycles. The molecule has 1 aliphatic rings. The van der Waals surface area contributed by atoms with Gasteiger partial charge in [-0.15, -0.1) is 0 Å². The Bertz CT molecular complexity index is 573. The Morgan fingerprint density at radius 3 is 2.53 bits per heavy atom. The van der Waals surface area contributed by atoms with Gasteiger partial charge >= 0.3 is 6.18 Å². The Balaban J connectivity index is 2.23. The van der Waals surface area contributed by atoms with Crippen LogP contribution < -0.4 is 5.32 Å². The third-order valence-electron chi connectivity index (χ3n) is 2.93. The van der Waals surface area contributed by atoms with E-state index in [1.165, 1.54) is 6.07 Å². The number of nitrogens with zero attached hydrogens (tertiary/aromatic N) is 1. The summed E-state index contributed by atoms with van der Waals surface area (Å²) in [6, 6.07) is 4.95. The van der Waals surface area contributed by atoms with Crippen molar-refractivity contribution in [1.82, 2.24) is 0 Å². The Kier molecular flexibility index (Phi) is 3.19. The van der Waals surface area contributed by atoms with Crippen LogP contribution in [-0.4, -0.2) is 5.91 Å². The zero-order valence-electron chi connectivity index (χ0n) is 9.51. The molecule has 100 valence electrons. The zero-order valence-corrected chi connectivity index (χ0v) is 10.3. The maximum atomic E-state index is 12.6. The lowest BCUT2D eigenvalue weighted by atomic mass is 10.1. The average molecular weight is 289 g/mol. The SMILES string of the molecule is N#CC1(C(=O)Nc2ccc(Cl)c(C(F)(F)F)c2)CC1. The van der Waals surface area contributed by atoms with Crippen molar-refractivity contribution in [2.75, 3.05) is 5.32 Å². The molecule has 3 nitrogen and oxygen atoms in total. The van der Waals surface area contributed by atoms with Gasteiger partial charge < -0.3 is 5.32 Å². The van der Waals surface area contributed by atoms with E-state index in [2.05, 4.69) is 5.32 Å². The summed E-state index contributed by atoms with van der Waals surface area (Å²) in [6.07, 6.45) is -3.74. The molecule has 1 fully saturated rings. The molecule has 0 saturated heterocycles. The van der Waals surface area contributed by atoms with Crippen molar-refractivity contribution in [1.29, 1.82) is 5.26 Å². The van der Waals surface area contributed by atoms with Crippen molar-refractivity contribution in [3.63, 3.8) is 0 Å². The average Bonchev–Trinajstić information content (AvgIpc) is 3.11. The van der Waals surface area contributed by atoms with Crippen LogP contribution in [0.4, 0.5) is 18.9 Å². The van der Waals surface area contributed by atoms with Crippen molar-refractivity contribution in [3.05, 3.63) is 28.8 Å². The van der Waals surface area contributed by atoms with Gasteiger partial charge in [-0.25, -0.2) is 0 Å². The summed E-state index contributed by atoms with van der Waals surface area (Å²) < 4.78 is 37.9. The highest BCUT2D eigenvalue weighted by Gasteiger charge is 2.50. The van der Waals surface area contributed by atoms with E-state index in [1.807, 2.05) is 6.07 Å². The number of nitrogens with one attached hydrogen (secondary N) is 1. The largest absolute Gasteiger partial charge is 0.417 e. The van der Waals surface area contributed by atoms with Crippen molar-refractivity contribution in [2.24, 2.45) is 5.41 Å². The van der Waals surface area contributed by atoms with Crippen LogP contribution in [0.15, 0.2) is 18.2 Å². The predicted molar refractivity (Wildman–Crippen MR) is 62.4 cm³/mol. The fourth-order valence-corrected chi connectivity index (χ4v) is 1.81. The molecular weight excluding hydrogens is 281 g/mol. The molecule has 0 heterocycles. The number of amides is 1. The normalized spacial score (nSPS) is 16.6. The Hall–Kier alpha value is -1.74. The third kappa shape index (κ3) is 2.66. The van der Waals surface area contributed by atoms with Crippen LogP contribution in [0.3, 0.4) is 0 Å². The van der Waals surface area contributed by atoms with Gasteiger partial charge in [-0.2, -0.15) is 18.4 Å². The van der Waals surface area contributed by atoms with Gasteiger partial charge in [-0.3, -0.25) is 4.79 Å². The van der Waals surface area contributed by atoms with E-state index in [9.17, 15) is 18.0 Å². The Morgan fingerprint density at radius 1 is 1.42 bits per heavy atom. The smallest absolute Gasteiger partial charge is 0.325 e. The maximum Gasteiger partial charge on any atom is 0.417 e. The number of hydrogen-bond acceptors (Lipinski definition) is 2. The van der Waals surface area contributed by atoms with Gasteiger partial charge in [0.15, 0.2) is 0 Å². The number of alkyl halides is 3. The molecule has 19 heavy (non-hydrogen) atoms. The summed E-state index contributed by atoms with van der Waals surface area (Å²) >= 11 is 5.46. The topological polar surface area (TPSA) is 52.9 Å². The molecule has 0 aromatic heterocycles. The monoisotopic (exact) mass is 288 g/mol. The van der Waals surface area contributed by atoms with E-state index in [0.29, 0.717) is 12.8 Å². The van der Waals surface area contributed by atoms with Crippen molar-refractivity contribution < 1.29 is 18.0 Å². The highest BCUT2D eigenvalue weighted by molar-refractivity contribution is 6.31. The molecule has 0 spiro atoms. The molecule has 0 atom stereocenters. The van der Waals surface area contributed by atoms with Crippen LogP contribution in [0.25, 0.3) is 0 Å². The highest BCUT2D eigenvalue weighted by Crippen LogP contribution is 2.46. The first-order valence-corrected chi connectivity index (χ1v) is 5.76. The number of hydrogen-bond donors (Lipinski definition) is 1. The molecule has 0 radical (unpaired) electrons. The van der Waals surface area contributed by atoms with Gasteiger partial charge in [-0.1, -0.05) is 11.6 Å². The summed E-state index contributed by atoms with van der Waals surface area (Å²) in [5.74, 6) is -0.578. The quantitative estimate of drug-likeness (QED) is 0.904. The minimum atomic E-state index is -4.59. The van der Waals surface area contributed by atoms with E-state index in [4.69, 9.17) is 16.9 Å². The van der Waals surface area contributed by atoms with Crippen LogP contribution in [0.1, 0.15) is 18.4 Å². The Labute approximate surface area is 112 Å². The lowest BCUT2D eigenvalue weighted by Gasteiger charge is -2.12. The standard InChI is InChI=1S/C12H8ClF3N2O/c13-9-2-1-7(5-8(9)12(14,15)16)18-10(19)11(6-17)3-4-11/h1-2,5H,3-4H2,(H,18,19). The van der Waals surface area contributed by atoms with Crippen LogP contribution in [0, 0.1) is 16.7 Å². The zero-order chi connectivity index (χ0) is 14.3. The number of carbonyl (C=O) groups is 1. The lowest BCUT2D eigenvalue weighted by molar-refractivity contribution is -0.137. The van der Waals surface area contributed by atoms with E-state index in [-0.39, 0.29) is 5.69 Å². The van der Waals surface area contributed by atoms with Crippen LogP contribution in [0.5, 0.6) is 0 Å². The molecule has 0 unspecified atom stereocenters. The number of nitriles is 1. The van der Waals surface area contributed by atoms with Crippen LogP contribution in [0.2, 0.25) is 5.02 Å². The van der Waals surface area contributed by atoms with Crippen molar-refractivity contribution >= 4 is 23.2 Å². The van der Waals surface area contributed by atoms with Gasteiger partial charge in [-0.05, 0) is 31.0 Å². The molecule has 1 aromatic carbocycles. The molecule has 0 aliphatic heterocycles. The second-order valence-corrected chi connectivity index (χ2v) is 4.75. The van der Waals surface area contributed by atoms with E-state index in [0.717, 1.165) is 12.1 Å². The van der Waals surface area contributed by atoms with Gasteiger partial charge in [0.2, 0.25) is 5.91 Å². The summed E-state index contributed by atoms with van der Waals surface area (Å²) in [4.78, 5) is 11.7. The minimum Gasteiger partial charge on any atom is -0.325 e. The molecule has 2 rings (SSSR count). The number of rotatable bonds is 2. The fourth-order valence-electron chi connectivity index (χ4n) is 1.59. The summed E-state index contributed by atoms with van der Waals surface area (Å²) in [5.41, 5.74) is -2.13. The predicted octanol–water partition coefficient (Wildman–Crippen LogP) is 3.60. The first-order valence-electron chi connectivity index (χ1n) is 5.38. The number of halogens is 4. The summed E-state index contributed by atoms with van der Waals surface area (Å²) in [6.45, 7) is 0. The van der Waals surface area contributed by atoms with Crippen molar-refractivity contribution in [2.45, 2.75) is 19.0 Å². The second-order valence-electron chi connectivity index (χ2n) is 4.34. The maximum absolute atomic E-state index is 12.6. The first-order chi connectivity index (χ1) is 8.78. The molecule has 1 saturated carbocycles. The molecule has 7 heteroatoms. The van der Waals surface area contributed by atoms with Gasteiger partial charge in [0.05, 0.1) is 16.7 Å². The molecule has 1 amide bonds. The minimum absolute atomic E-state index is 0.0248. The molecule has 1 N–H and O–H groups in total. The number of carbonyl (C=O) groups excluding carboxylic acids is 1. The molecule has 1 aromatic rings. The number of benzene rings is 1. The van der Waals surface area contributed by atoms with E-state index >= 15 is 0 Å². The first kappa shape index (κ1) is 13.7. The van der Waals surface area contributed by atoms with Crippen molar-refractivity contribution in [3.8, 4) is 6.07 Å². The number of anilines is 1. The lowest BCUT2D eigenvalue weighted by Crippen LogP contribution is -2.23.